The van der Waals surface area contributed by atoms with Crippen LogP contribution in [0.2, 0.25) is 0 Å². The molecule has 100 valence electrons. The summed E-state index contributed by atoms with van der Waals surface area (Å²) in [7, 11) is 0. The van der Waals surface area contributed by atoms with Crippen molar-refractivity contribution in [1.29, 1.82) is 0 Å². The van der Waals surface area contributed by atoms with Crippen LogP contribution in [0.1, 0.15) is 10.6 Å². The minimum absolute atomic E-state index is 0.0431. The Morgan fingerprint density at radius 1 is 1.37 bits per heavy atom. The number of carbonyl (C=O) groups is 3. The smallest absolute Gasteiger partial charge is 0.289 e. The Labute approximate surface area is 109 Å². The van der Waals surface area contributed by atoms with Crippen LogP contribution in [0.25, 0.3) is 0 Å². The second-order valence-corrected chi connectivity index (χ2v) is 4.55. The summed E-state index contributed by atoms with van der Waals surface area (Å²) in [4.78, 5) is 38.6. The summed E-state index contributed by atoms with van der Waals surface area (Å²) in [6, 6.07) is 2.63. The van der Waals surface area contributed by atoms with Crippen LogP contribution in [0.5, 0.6) is 0 Å². The van der Waals surface area contributed by atoms with Gasteiger partial charge in [-0.15, -0.1) is 0 Å². The average Bonchev–Trinajstić information content (AvgIpc) is 2.96. The molecule has 0 aromatic carbocycles. The van der Waals surface area contributed by atoms with Crippen molar-refractivity contribution >= 4 is 17.7 Å². The van der Waals surface area contributed by atoms with E-state index < -0.39 is 6.04 Å². The van der Waals surface area contributed by atoms with Crippen molar-refractivity contribution < 1.29 is 18.8 Å². The predicted octanol–water partition coefficient (Wildman–Crippen LogP) is -0.938. The van der Waals surface area contributed by atoms with Crippen LogP contribution in [-0.4, -0.2) is 59.7 Å². The Balaban J connectivity index is 1.76. The van der Waals surface area contributed by atoms with Crippen molar-refractivity contribution in [2.75, 3.05) is 26.2 Å². The first kappa shape index (κ1) is 11.8. The Morgan fingerprint density at radius 3 is 2.95 bits per heavy atom. The van der Waals surface area contributed by atoms with Gasteiger partial charge in [0.05, 0.1) is 19.4 Å². The Morgan fingerprint density at radius 2 is 2.21 bits per heavy atom. The number of piperazine rings is 2. The molecule has 1 aromatic rings. The molecule has 3 heterocycles. The van der Waals surface area contributed by atoms with Gasteiger partial charge in [-0.05, 0) is 12.1 Å². The van der Waals surface area contributed by atoms with E-state index >= 15 is 0 Å². The Kier molecular flexibility index (Phi) is 2.73. The van der Waals surface area contributed by atoms with Crippen LogP contribution in [0.15, 0.2) is 22.8 Å². The predicted molar refractivity (Wildman–Crippen MR) is 63.1 cm³/mol. The average molecular weight is 263 g/mol. The van der Waals surface area contributed by atoms with Gasteiger partial charge in [-0.1, -0.05) is 0 Å². The summed E-state index contributed by atoms with van der Waals surface area (Å²) < 4.78 is 5.06. The zero-order valence-corrected chi connectivity index (χ0v) is 10.2. The largest absolute Gasteiger partial charge is 0.459 e. The highest BCUT2D eigenvalue weighted by atomic mass is 16.3. The number of fused-ring (bicyclic) bond motifs is 1. The van der Waals surface area contributed by atoms with Gasteiger partial charge >= 0.3 is 0 Å². The minimum Gasteiger partial charge on any atom is -0.459 e. The number of furan rings is 1. The number of amides is 3. The van der Waals surface area contributed by atoms with Crippen LogP contribution >= 0.6 is 0 Å². The SMILES string of the molecule is O=C1NCC(=O)N2CCN(C(=O)c3ccco3)C[C@H]12. The van der Waals surface area contributed by atoms with E-state index in [4.69, 9.17) is 4.42 Å². The molecule has 0 saturated carbocycles. The number of nitrogens with one attached hydrogen (secondary N) is 1. The fraction of sp³-hybridized carbons (Fsp3) is 0.417. The molecule has 19 heavy (non-hydrogen) atoms. The number of hydrogen-bond donors (Lipinski definition) is 1. The molecule has 0 aliphatic carbocycles. The second kappa shape index (κ2) is 4.42. The Hall–Kier alpha value is -2.31. The molecule has 0 radical (unpaired) electrons. The molecule has 3 amide bonds. The summed E-state index contributed by atoms with van der Waals surface area (Å²) >= 11 is 0. The first-order valence-corrected chi connectivity index (χ1v) is 6.07. The maximum Gasteiger partial charge on any atom is 0.289 e. The minimum atomic E-state index is -0.589. The van der Waals surface area contributed by atoms with Gasteiger partial charge in [0.2, 0.25) is 11.8 Å². The lowest BCUT2D eigenvalue weighted by Crippen LogP contribution is -2.66. The number of nitrogens with zero attached hydrogens (tertiary/aromatic N) is 2. The highest BCUT2D eigenvalue weighted by Gasteiger charge is 2.40. The van der Waals surface area contributed by atoms with E-state index in [1.165, 1.54) is 16.1 Å². The third-order valence-corrected chi connectivity index (χ3v) is 3.44. The van der Waals surface area contributed by atoms with Crippen molar-refractivity contribution in [3.63, 3.8) is 0 Å². The van der Waals surface area contributed by atoms with Crippen LogP contribution in [0, 0.1) is 0 Å². The molecule has 7 heteroatoms. The second-order valence-electron chi connectivity index (χ2n) is 4.55. The first-order chi connectivity index (χ1) is 9.16. The van der Waals surface area contributed by atoms with Crippen molar-refractivity contribution in [2.24, 2.45) is 0 Å². The maximum atomic E-state index is 12.1. The summed E-state index contributed by atoms with van der Waals surface area (Å²) in [5.74, 6) is -0.322. The molecule has 2 fully saturated rings. The quantitative estimate of drug-likeness (QED) is 0.709. The number of rotatable bonds is 1. The number of carbonyl (C=O) groups excluding carboxylic acids is 3. The molecular formula is C12H13N3O4. The lowest BCUT2D eigenvalue weighted by molar-refractivity contribution is -0.148. The van der Waals surface area contributed by atoms with E-state index in [9.17, 15) is 14.4 Å². The molecular weight excluding hydrogens is 250 g/mol. The number of hydrogen-bond acceptors (Lipinski definition) is 4. The molecule has 0 bridgehead atoms. The molecule has 0 unspecified atom stereocenters. The van der Waals surface area contributed by atoms with Crippen molar-refractivity contribution in [1.82, 2.24) is 15.1 Å². The molecule has 1 N–H and O–H groups in total. The van der Waals surface area contributed by atoms with Gasteiger partial charge in [0.1, 0.15) is 6.04 Å². The highest BCUT2D eigenvalue weighted by molar-refractivity contribution is 5.97. The van der Waals surface area contributed by atoms with Crippen LogP contribution in [0.3, 0.4) is 0 Å². The van der Waals surface area contributed by atoms with Gasteiger partial charge in [-0.2, -0.15) is 0 Å². The zero-order chi connectivity index (χ0) is 13.4. The lowest BCUT2D eigenvalue weighted by atomic mass is 10.1. The summed E-state index contributed by atoms with van der Waals surface area (Å²) in [5, 5.41) is 2.53. The maximum absolute atomic E-state index is 12.1. The van der Waals surface area contributed by atoms with E-state index in [1.54, 1.807) is 12.1 Å². The standard InChI is InChI=1S/C12H13N3O4/c16-10-6-13-11(17)8-7-14(3-4-15(8)10)12(18)9-2-1-5-19-9/h1-2,5,8H,3-4,6-7H2,(H,13,17)/t8-/m1/s1. The fourth-order valence-electron chi connectivity index (χ4n) is 2.43. The van der Waals surface area contributed by atoms with E-state index in [0.717, 1.165) is 0 Å². The van der Waals surface area contributed by atoms with Gasteiger partial charge in [0.25, 0.3) is 5.91 Å². The zero-order valence-electron chi connectivity index (χ0n) is 10.2. The van der Waals surface area contributed by atoms with Crippen LogP contribution in [0.4, 0.5) is 0 Å². The topological polar surface area (TPSA) is 82.9 Å². The van der Waals surface area contributed by atoms with Crippen molar-refractivity contribution in [3.05, 3.63) is 24.2 Å². The van der Waals surface area contributed by atoms with Crippen molar-refractivity contribution in [2.45, 2.75) is 6.04 Å². The molecule has 2 aliphatic heterocycles. The monoisotopic (exact) mass is 263 g/mol. The Bertz CT molecular complexity index is 525. The molecule has 2 saturated heterocycles. The van der Waals surface area contributed by atoms with E-state index in [0.29, 0.717) is 13.1 Å². The van der Waals surface area contributed by atoms with E-state index in [-0.39, 0.29) is 36.6 Å². The molecule has 1 atom stereocenters. The summed E-state index contributed by atoms with van der Waals surface area (Å²) in [6.07, 6.45) is 1.43. The molecule has 1 aromatic heterocycles. The first-order valence-electron chi connectivity index (χ1n) is 6.07. The van der Waals surface area contributed by atoms with Gasteiger partial charge in [-0.25, -0.2) is 0 Å². The van der Waals surface area contributed by atoms with Gasteiger partial charge in [0.15, 0.2) is 5.76 Å². The molecule has 7 nitrogen and oxygen atoms in total. The normalized spacial score (nSPS) is 23.1. The van der Waals surface area contributed by atoms with Crippen LogP contribution < -0.4 is 5.32 Å². The third-order valence-electron chi connectivity index (χ3n) is 3.44. The molecule has 0 spiro atoms. The van der Waals surface area contributed by atoms with Gasteiger partial charge in [0, 0.05) is 13.1 Å². The van der Waals surface area contributed by atoms with Gasteiger partial charge in [-0.3, -0.25) is 14.4 Å². The van der Waals surface area contributed by atoms with Crippen molar-refractivity contribution in [3.8, 4) is 0 Å². The third kappa shape index (κ3) is 1.96. The van der Waals surface area contributed by atoms with Gasteiger partial charge < -0.3 is 19.5 Å². The van der Waals surface area contributed by atoms with Crippen LogP contribution in [-0.2, 0) is 9.59 Å². The van der Waals surface area contributed by atoms with E-state index in [2.05, 4.69) is 5.32 Å². The van der Waals surface area contributed by atoms with E-state index in [1.807, 2.05) is 0 Å². The fourth-order valence-corrected chi connectivity index (χ4v) is 2.43. The highest BCUT2D eigenvalue weighted by Crippen LogP contribution is 2.16. The molecule has 2 aliphatic rings. The summed E-state index contributed by atoms with van der Waals surface area (Å²) in [6.45, 7) is 1.04. The lowest BCUT2D eigenvalue weighted by Gasteiger charge is -2.42. The molecule has 3 rings (SSSR count). The summed E-state index contributed by atoms with van der Waals surface area (Å²) in [5.41, 5.74) is 0.